The van der Waals surface area contributed by atoms with E-state index in [2.05, 4.69) is 28.0 Å². The minimum Gasteiger partial charge on any atom is -0.494 e. The maximum atomic E-state index is 12.4. The summed E-state index contributed by atoms with van der Waals surface area (Å²) in [7, 11) is 1.58. The van der Waals surface area contributed by atoms with Crippen LogP contribution in [0.2, 0.25) is 5.02 Å². The van der Waals surface area contributed by atoms with Crippen LogP contribution >= 0.6 is 22.9 Å². The number of hydrogen-bond acceptors (Lipinski definition) is 5. The number of aromatic nitrogens is 1. The van der Waals surface area contributed by atoms with Gasteiger partial charge in [-0.3, -0.25) is 15.6 Å². The van der Waals surface area contributed by atoms with Gasteiger partial charge in [0.25, 0.3) is 5.91 Å². The van der Waals surface area contributed by atoms with E-state index in [0.717, 1.165) is 16.7 Å². The molecule has 0 saturated heterocycles. The molecule has 0 saturated carbocycles. The Balaban J connectivity index is 1.42. The highest BCUT2D eigenvalue weighted by Crippen LogP contribution is 2.37. The Morgan fingerprint density at radius 2 is 1.76 bits per heavy atom. The summed E-state index contributed by atoms with van der Waals surface area (Å²) in [5, 5.41) is 1.12. The third-order valence-electron chi connectivity index (χ3n) is 4.43. The highest BCUT2D eigenvalue weighted by atomic mass is 35.5. The van der Waals surface area contributed by atoms with Crippen molar-refractivity contribution >= 4 is 44.2 Å². The summed E-state index contributed by atoms with van der Waals surface area (Å²) in [6, 6.07) is 21.3. The van der Waals surface area contributed by atoms with Gasteiger partial charge in [-0.25, -0.2) is 4.98 Å². The van der Waals surface area contributed by atoms with Crippen molar-refractivity contribution in [1.29, 1.82) is 0 Å². The average molecular weight is 424 g/mol. The number of nitrogens with one attached hydrogen (secondary N) is 2. The number of fused-ring (bicyclic) bond motifs is 1. The van der Waals surface area contributed by atoms with E-state index in [0.29, 0.717) is 27.0 Å². The second-order valence-corrected chi connectivity index (χ2v) is 7.79. The molecule has 0 atom stereocenters. The van der Waals surface area contributed by atoms with Gasteiger partial charge in [-0.15, -0.1) is 0 Å². The third-order valence-corrected chi connectivity index (χ3v) is 5.86. The zero-order chi connectivity index (χ0) is 20.2. The summed E-state index contributed by atoms with van der Waals surface area (Å²) in [4.78, 5) is 16.9. The number of halogens is 1. The van der Waals surface area contributed by atoms with Gasteiger partial charge in [0, 0.05) is 5.56 Å². The molecule has 1 heterocycles. The fourth-order valence-corrected chi connectivity index (χ4v) is 4.07. The largest absolute Gasteiger partial charge is 0.494 e. The van der Waals surface area contributed by atoms with E-state index in [1.165, 1.54) is 16.9 Å². The van der Waals surface area contributed by atoms with Crippen LogP contribution in [0.3, 0.4) is 0 Å². The first-order valence-electron chi connectivity index (χ1n) is 8.96. The number of rotatable bonds is 6. The monoisotopic (exact) mass is 423 g/mol. The minimum absolute atomic E-state index is 0.242. The van der Waals surface area contributed by atoms with Crippen LogP contribution in [0.5, 0.6) is 5.75 Å². The van der Waals surface area contributed by atoms with Crippen LogP contribution in [-0.4, -0.2) is 18.0 Å². The third kappa shape index (κ3) is 4.34. The van der Waals surface area contributed by atoms with Gasteiger partial charge in [-0.2, -0.15) is 0 Å². The lowest BCUT2D eigenvalue weighted by atomic mass is 10.0. The molecule has 2 N–H and O–H groups in total. The van der Waals surface area contributed by atoms with Crippen LogP contribution in [0.15, 0.2) is 66.7 Å². The van der Waals surface area contributed by atoms with Gasteiger partial charge in [0.15, 0.2) is 0 Å². The molecule has 0 fully saturated rings. The quantitative estimate of drug-likeness (QED) is 0.413. The normalized spacial score (nSPS) is 10.7. The molecule has 7 heteroatoms. The smallest absolute Gasteiger partial charge is 0.269 e. The second kappa shape index (κ2) is 8.51. The van der Waals surface area contributed by atoms with Gasteiger partial charge in [-0.05, 0) is 41.8 Å². The minimum atomic E-state index is -0.242. The lowest BCUT2D eigenvalue weighted by molar-refractivity contribution is 0.0962. The summed E-state index contributed by atoms with van der Waals surface area (Å²) in [6.45, 7) is 0. The summed E-state index contributed by atoms with van der Waals surface area (Å²) in [6.07, 6.45) is 0.829. The molecule has 0 bridgehead atoms. The molecular formula is C22H18ClN3O2S. The number of carbonyl (C=O) groups is 1. The van der Waals surface area contributed by atoms with Crippen LogP contribution in [0.1, 0.15) is 21.5 Å². The molecule has 0 radical (unpaired) electrons. The van der Waals surface area contributed by atoms with Crippen LogP contribution in [-0.2, 0) is 6.42 Å². The fourth-order valence-electron chi connectivity index (χ4n) is 2.96. The van der Waals surface area contributed by atoms with E-state index in [9.17, 15) is 4.79 Å². The molecule has 0 spiro atoms. The summed E-state index contributed by atoms with van der Waals surface area (Å²) in [5.74, 6) is 0.391. The Morgan fingerprint density at radius 3 is 2.48 bits per heavy atom. The molecule has 5 nitrogen and oxygen atoms in total. The van der Waals surface area contributed by atoms with Crippen molar-refractivity contribution in [2.75, 3.05) is 12.5 Å². The van der Waals surface area contributed by atoms with Crippen molar-refractivity contribution < 1.29 is 9.53 Å². The molecule has 0 unspecified atom stereocenters. The maximum absolute atomic E-state index is 12.4. The molecule has 3 aromatic carbocycles. The van der Waals surface area contributed by atoms with Crippen molar-refractivity contribution in [2.45, 2.75) is 6.42 Å². The molecule has 1 amide bonds. The number of benzene rings is 3. The van der Waals surface area contributed by atoms with Crippen molar-refractivity contribution in [2.24, 2.45) is 0 Å². The molecule has 146 valence electrons. The van der Waals surface area contributed by atoms with E-state index in [1.54, 1.807) is 19.2 Å². The maximum Gasteiger partial charge on any atom is 0.269 e. The number of thiazole rings is 1. The Hall–Kier alpha value is -3.09. The van der Waals surface area contributed by atoms with Crippen LogP contribution in [0.25, 0.3) is 10.2 Å². The Morgan fingerprint density at radius 1 is 1.03 bits per heavy atom. The summed E-state index contributed by atoms with van der Waals surface area (Å²) >= 11 is 7.58. The Kier molecular flexibility index (Phi) is 5.64. The van der Waals surface area contributed by atoms with Crippen LogP contribution < -0.4 is 15.6 Å². The van der Waals surface area contributed by atoms with Gasteiger partial charge < -0.3 is 4.74 Å². The fraction of sp³-hybridized carbons (Fsp3) is 0.0909. The molecule has 29 heavy (non-hydrogen) atoms. The standard InChI is InChI=1S/C22H18ClN3O2S/c1-28-18-12-11-17(23)20-19(18)24-22(29-20)26-25-21(27)16-9-7-15(8-10-16)13-14-5-3-2-4-6-14/h2-12H,13H2,1H3,(H,24,26)(H,25,27). The van der Waals surface area contributed by atoms with Crippen molar-refractivity contribution in [3.8, 4) is 5.75 Å². The Labute approximate surface area is 177 Å². The highest BCUT2D eigenvalue weighted by Gasteiger charge is 2.13. The van der Waals surface area contributed by atoms with E-state index >= 15 is 0 Å². The molecule has 1 aromatic heterocycles. The van der Waals surface area contributed by atoms with E-state index in [1.807, 2.05) is 42.5 Å². The van der Waals surface area contributed by atoms with Gasteiger partial charge in [0.05, 0.1) is 16.8 Å². The predicted molar refractivity (Wildman–Crippen MR) is 118 cm³/mol. The SMILES string of the molecule is COc1ccc(Cl)c2sc(NNC(=O)c3ccc(Cc4ccccc4)cc3)nc12. The second-order valence-electron chi connectivity index (χ2n) is 6.38. The van der Waals surface area contributed by atoms with Gasteiger partial charge in [0.2, 0.25) is 5.13 Å². The number of amides is 1. The molecule has 0 aliphatic carbocycles. The number of hydrogen-bond donors (Lipinski definition) is 2. The van der Waals surface area contributed by atoms with Crippen LogP contribution in [0, 0.1) is 0 Å². The number of hydrazine groups is 1. The van der Waals surface area contributed by atoms with E-state index in [-0.39, 0.29) is 5.91 Å². The van der Waals surface area contributed by atoms with E-state index in [4.69, 9.17) is 16.3 Å². The van der Waals surface area contributed by atoms with E-state index < -0.39 is 0 Å². The first-order valence-corrected chi connectivity index (χ1v) is 10.2. The lowest BCUT2D eigenvalue weighted by Crippen LogP contribution is -2.29. The number of anilines is 1. The zero-order valence-electron chi connectivity index (χ0n) is 15.6. The van der Waals surface area contributed by atoms with Crippen LogP contribution in [0.4, 0.5) is 5.13 Å². The average Bonchev–Trinajstić information content (AvgIpc) is 3.19. The zero-order valence-corrected chi connectivity index (χ0v) is 17.2. The van der Waals surface area contributed by atoms with Crippen molar-refractivity contribution in [3.05, 3.63) is 88.4 Å². The highest BCUT2D eigenvalue weighted by molar-refractivity contribution is 7.22. The molecule has 0 aliphatic rings. The number of carbonyl (C=O) groups excluding carboxylic acids is 1. The molecule has 4 aromatic rings. The lowest BCUT2D eigenvalue weighted by Gasteiger charge is -2.07. The summed E-state index contributed by atoms with van der Waals surface area (Å²) < 4.78 is 6.11. The van der Waals surface area contributed by atoms with Gasteiger partial charge in [-0.1, -0.05) is 65.4 Å². The summed E-state index contributed by atoms with van der Waals surface area (Å²) in [5.41, 5.74) is 9.14. The first-order chi connectivity index (χ1) is 14.1. The first kappa shape index (κ1) is 19.2. The molecular weight excluding hydrogens is 406 g/mol. The van der Waals surface area contributed by atoms with Crippen molar-refractivity contribution in [1.82, 2.24) is 10.4 Å². The number of ether oxygens (including phenoxy) is 1. The topological polar surface area (TPSA) is 63.2 Å². The Bertz CT molecular complexity index is 1140. The van der Waals surface area contributed by atoms with Gasteiger partial charge >= 0.3 is 0 Å². The van der Waals surface area contributed by atoms with Gasteiger partial charge in [0.1, 0.15) is 11.3 Å². The number of nitrogens with zero attached hydrogens (tertiary/aromatic N) is 1. The number of methoxy groups -OCH3 is 1. The van der Waals surface area contributed by atoms with Crippen molar-refractivity contribution in [3.63, 3.8) is 0 Å². The predicted octanol–water partition coefficient (Wildman–Crippen LogP) is 5.31. The molecule has 0 aliphatic heterocycles. The molecule has 4 rings (SSSR count).